The highest BCUT2D eigenvalue weighted by molar-refractivity contribution is 6.32. The van der Waals surface area contributed by atoms with Gasteiger partial charge >= 0.3 is 0 Å². The summed E-state index contributed by atoms with van der Waals surface area (Å²) in [4.78, 5) is 0. The van der Waals surface area contributed by atoms with Crippen molar-refractivity contribution in [3.05, 3.63) is 347 Å². The number of aryl methyl sites for hydroxylation is 2. The lowest BCUT2D eigenvalue weighted by Crippen LogP contribution is -2.28. The van der Waals surface area contributed by atoms with E-state index in [4.69, 9.17) is 0 Å². The molecule has 2 nitrogen and oxygen atoms in total. The molecular weight excluding hydrogens is 989 g/mol. The molecule has 0 fully saturated rings. The van der Waals surface area contributed by atoms with Gasteiger partial charge in [-0.2, -0.15) is 0 Å². The number of hydrogen-bond donors (Lipinski definition) is 2. The fourth-order valence-electron chi connectivity index (χ4n) is 14.7. The van der Waals surface area contributed by atoms with Gasteiger partial charge < -0.3 is 10.6 Å². The van der Waals surface area contributed by atoms with Gasteiger partial charge in [0, 0.05) is 38.8 Å². The quantitative estimate of drug-likeness (QED) is 0.133. The van der Waals surface area contributed by atoms with Crippen molar-refractivity contribution in [2.24, 2.45) is 0 Å². The van der Waals surface area contributed by atoms with Gasteiger partial charge in [-0.05, 0) is 144 Å². The summed E-state index contributed by atoms with van der Waals surface area (Å²) in [6.07, 6.45) is 0. The smallest absolute Gasteiger partial charge is 0.0713 e. The van der Waals surface area contributed by atoms with Crippen LogP contribution in [0.4, 0.5) is 22.7 Å². The second kappa shape index (κ2) is 18.7. The predicted molar refractivity (Wildman–Crippen MR) is 345 cm³/mol. The Labute approximate surface area is 479 Å². The Balaban J connectivity index is 0.864. The summed E-state index contributed by atoms with van der Waals surface area (Å²) < 4.78 is 0. The first-order valence-electron chi connectivity index (χ1n) is 28.6. The van der Waals surface area contributed by atoms with Gasteiger partial charge in [0.15, 0.2) is 0 Å². The number of fused-ring (bicyclic) bond motifs is 6. The second-order valence-corrected chi connectivity index (χ2v) is 22.5. The summed E-state index contributed by atoms with van der Waals surface area (Å²) >= 11 is 0. The molecule has 386 valence electrons. The molecule has 0 radical (unpaired) electrons. The van der Waals surface area contributed by atoms with Crippen LogP contribution < -0.4 is 10.6 Å². The van der Waals surface area contributed by atoms with Gasteiger partial charge in [0.2, 0.25) is 0 Å². The van der Waals surface area contributed by atoms with Crippen molar-refractivity contribution in [3.8, 4) is 44.5 Å². The molecule has 82 heavy (non-hydrogen) atoms. The number of nitrogens with one attached hydrogen (secondary N) is 2. The fourth-order valence-corrected chi connectivity index (χ4v) is 14.7. The van der Waals surface area contributed by atoms with Crippen LogP contribution in [0.15, 0.2) is 291 Å². The SMILES string of the molecule is Cc1cccc(-c2c(Nc3ccc(C4(c5ccccc5)c5ccccc5-c5ccccc54)cc3)c3ccc4ccc(Nc5ccc(C6(c7ccccc7)c7ccccc7-c7ccccc76)cc5)c5ccc(c2-c2cccc(C)c2)c3c45)c1. The van der Waals surface area contributed by atoms with Crippen LogP contribution in [0.1, 0.15) is 55.6 Å². The zero-order chi connectivity index (χ0) is 54.5. The molecule has 16 rings (SSSR count). The lowest BCUT2D eigenvalue weighted by Gasteiger charge is -2.34. The summed E-state index contributed by atoms with van der Waals surface area (Å²) in [6, 6.07) is 109. The van der Waals surface area contributed by atoms with Crippen LogP contribution in [0, 0.1) is 13.8 Å². The molecule has 0 heterocycles. The van der Waals surface area contributed by atoms with Crippen molar-refractivity contribution >= 4 is 55.1 Å². The zero-order valence-corrected chi connectivity index (χ0v) is 45.7. The van der Waals surface area contributed by atoms with Crippen LogP contribution >= 0.6 is 0 Å². The lowest BCUT2D eigenvalue weighted by molar-refractivity contribution is 0.768. The highest BCUT2D eigenvalue weighted by atomic mass is 14.9. The van der Waals surface area contributed by atoms with E-state index in [1.807, 2.05) is 0 Å². The maximum atomic E-state index is 4.17. The predicted octanol–water partition coefficient (Wildman–Crippen LogP) is 20.7. The molecule has 0 aromatic heterocycles. The number of hydrogen-bond acceptors (Lipinski definition) is 2. The van der Waals surface area contributed by atoms with Gasteiger partial charge in [0.25, 0.3) is 0 Å². The summed E-state index contributed by atoms with van der Waals surface area (Å²) in [6.45, 7) is 4.40. The molecule has 0 aliphatic heterocycles. The van der Waals surface area contributed by atoms with E-state index < -0.39 is 10.8 Å². The third-order valence-electron chi connectivity index (χ3n) is 18.1. The molecule has 2 N–H and O–H groups in total. The topological polar surface area (TPSA) is 24.1 Å². The molecule has 0 unspecified atom stereocenters. The first kappa shape index (κ1) is 47.7. The summed E-state index contributed by atoms with van der Waals surface area (Å²) in [5.74, 6) is 0. The summed E-state index contributed by atoms with van der Waals surface area (Å²) in [5.41, 5.74) is 25.9. The molecule has 2 aliphatic rings. The van der Waals surface area contributed by atoms with Gasteiger partial charge in [-0.1, -0.05) is 272 Å². The first-order valence-corrected chi connectivity index (χ1v) is 28.6. The van der Waals surface area contributed by atoms with E-state index in [0.29, 0.717) is 0 Å². The van der Waals surface area contributed by atoms with E-state index in [0.717, 1.165) is 22.7 Å². The standard InChI is InChI=1S/C80H56N2/c1-51-19-17-21-54(49-51)75-67-47-46-66-73(81-60-41-37-58(38-42-60)79(56-23-5-3-6-24-56)69-31-13-9-27-62(69)63-28-10-14-32-70(63)79)48-36-53-35-45-68(77(67)74(53)66)78(76(75)55-22-18-20-52(2)50-55)82-61-43-39-59(40-44-61)80(57-25-7-4-8-26-57)71-33-15-11-29-64(71)65-30-12-16-34-72(65)80/h3-50,81-82H,1-2H3. The normalized spacial score (nSPS) is 13.4. The fraction of sp³-hybridized carbons (Fsp3) is 0.0500. The van der Waals surface area contributed by atoms with Crippen LogP contribution in [0.2, 0.25) is 0 Å². The molecule has 0 saturated heterocycles. The molecule has 0 amide bonds. The van der Waals surface area contributed by atoms with E-state index in [-0.39, 0.29) is 0 Å². The number of anilines is 4. The minimum Gasteiger partial charge on any atom is -0.355 e. The molecule has 14 aromatic rings. The van der Waals surface area contributed by atoms with Crippen LogP contribution in [-0.2, 0) is 10.8 Å². The minimum absolute atomic E-state index is 0.460. The van der Waals surface area contributed by atoms with E-state index >= 15 is 0 Å². The van der Waals surface area contributed by atoms with Gasteiger partial charge in [-0.15, -0.1) is 0 Å². The average Bonchev–Trinajstić information content (AvgIpc) is 2.43. The molecule has 0 bridgehead atoms. The lowest BCUT2D eigenvalue weighted by atomic mass is 9.68. The maximum absolute atomic E-state index is 4.17. The van der Waals surface area contributed by atoms with Crippen LogP contribution in [0.25, 0.3) is 76.8 Å². The second-order valence-electron chi connectivity index (χ2n) is 22.5. The van der Waals surface area contributed by atoms with Crippen LogP contribution in [-0.4, -0.2) is 0 Å². The average molecular weight is 1050 g/mol. The largest absolute Gasteiger partial charge is 0.355 e. The molecule has 2 heteroatoms. The van der Waals surface area contributed by atoms with Crippen molar-refractivity contribution in [2.75, 3.05) is 10.6 Å². The molecule has 0 saturated carbocycles. The van der Waals surface area contributed by atoms with E-state index in [1.54, 1.807) is 0 Å². The van der Waals surface area contributed by atoms with Crippen LogP contribution in [0.5, 0.6) is 0 Å². The summed E-state index contributed by atoms with van der Waals surface area (Å²) in [5, 5.41) is 15.4. The van der Waals surface area contributed by atoms with E-state index in [9.17, 15) is 0 Å². The molecule has 2 aliphatic carbocycles. The highest BCUT2D eigenvalue weighted by Gasteiger charge is 2.47. The third-order valence-corrected chi connectivity index (χ3v) is 18.1. The zero-order valence-electron chi connectivity index (χ0n) is 45.7. The monoisotopic (exact) mass is 1040 g/mol. The van der Waals surface area contributed by atoms with Crippen molar-refractivity contribution in [3.63, 3.8) is 0 Å². The Hall–Kier alpha value is -10.3. The molecule has 0 atom stereocenters. The first-order chi connectivity index (χ1) is 40.5. The van der Waals surface area contributed by atoms with E-state index in [1.165, 1.54) is 132 Å². The Morgan fingerprint density at radius 1 is 0.280 bits per heavy atom. The third kappa shape index (κ3) is 7.01. The Bertz CT molecular complexity index is 4710. The van der Waals surface area contributed by atoms with Crippen LogP contribution in [0.3, 0.4) is 0 Å². The van der Waals surface area contributed by atoms with Gasteiger partial charge in [-0.3, -0.25) is 0 Å². The number of benzene rings is 14. The highest BCUT2D eigenvalue weighted by Crippen LogP contribution is 2.58. The van der Waals surface area contributed by atoms with Crippen molar-refractivity contribution in [2.45, 2.75) is 24.7 Å². The van der Waals surface area contributed by atoms with E-state index in [2.05, 4.69) is 316 Å². The van der Waals surface area contributed by atoms with Gasteiger partial charge in [0.05, 0.1) is 16.5 Å². The van der Waals surface area contributed by atoms with Gasteiger partial charge in [-0.25, -0.2) is 0 Å². The number of rotatable bonds is 10. The molecule has 0 spiro atoms. The summed E-state index contributed by atoms with van der Waals surface area (Å²) in [7, 11) is 0. The maximum Gasteiger partial charge on any atom is 0.0713 e. The minimum atomic E-state index is -0.489. The molecule has 14 aromatic carbocycles. The Kier molecular flexibility index (Phi) is 10.9. The molecular formula is C80H56N2. The van der Waals surface area contributed by atoms with Crippen molar-refractivity contribution in [1.29, 1.82) is 0 Å². The Morgan fingerprint density at radius 2 is 0.683 bits per heavy atom. The Morgan fingerprint density at radius 3 is 1.17 bits per heavy atom. The van der Waals surface area contributed by atoms with Crippen molar-refractivity contribution < 1.29 is 0 Å². The van der Waals surface area contributed by atoms with Crippen molar-refractivity contribution in [1.82, 2.24) is 0 Å². The van der Waals surface area contributed by atoms with Gasteiger partial charge in [0.1, 0.15) is 0 Å².